The van der Waals surface area contributed by atoms with E-state index in [-0.39, 0.29) is 4.90 Å². The molecule has 5 nitrogen and oxygen atoms in total. The molecular weight excluding hydrogens is 420 g/mol. The molecule has 0 aliphatic carbocycles. The van der Waals surface area contributed by atoms with Crippen molar-refractivity contribution in [1.29, 1.82) is 0 Å². The Balaban J connectivity index is 1.78. The number of sulfonamides is 1. The van der Waals surface area contributed by atoms with Crippen molar-refractivity contribution in [3.8, 4) is 5.75 Å². The smallest absolute Gasteiger partial charge is 0.279 e. The third kappa shape index (κ3) is 3.93. The maximum absolute atomic E-state index is 13.5. The second kappa shape index (κ2) is 8.13. The molecule has 3 aromatic rings. The zero-order chi connectivity index (χ0) is 21.3. The summed E-state index contributed by atoms with van der Waals surface area (Å²) < 4.78 is 33.4. The van der Waals surface area contributed by atoms with Crippen molar-refractivity contribution in [3.05, 3.63) is 94.5 Å². The molecule has 0 amide bonds. The van der Waals surface area contributed by atoms with Gasteiger partial charge in [0.05, 0.1) is 23.8 Å². The average Bonchev–Trinajstić information content (AvgIpc) is 3.21. The van der Waals surface area contributed by atoms with Crippen LogP contribution in [0.15, 0.2) is 82.8 Å². The Hall–Kier alpha value is -2.83. The van der Waals surface area contributed by atoms with Crippen molar-refractivity contribution in [2.75, 3.05) is 7.11 Å². The van der Waals surface area contributed by atoms with Gasteiger partial charge in [0, 0.05) is 11.4 Å². The van der Waals surface area contributed by atoms with Gasteiger partial charge in [-0.05, 0) is 54.4 Å². The molecule has 7 heteroatoms. The van der Waals surface area contributed by atoms with E-state index in [1.165, 1.54) is 4.41 Å². The Morgan fingerprint density at radius 2 is 1.60 bits per heavy atom. The van der Waals surface area contributed by atoms with Gasteiger partial charge in [0.1, 0.15) is 5.75 Å². The molecule has 0 saturated carbocycles. The summed E-state index contributed by atoms with van der Waals surface area (Å²) in [6, 6.07) is 21.0. The first-order valence-corrected chi connectivity index (χ1v) is 11.3. The van der Waals surface area contributed by atoms with Crippen LogP contribution in [0, 0.1) is 6.92 Å². The third-order valence-corrected chi connectivity index (χ3v) is 7.06. The van der Waals surface area contributed by atoms with Gasteiger partial charge in [-0.15, -0.1) is 0 Å². The number of methoxy groups -OCH3 is 1. The molecule has 0 spiro atoms. The standard InChI is InChI=1S/C23H21ClN2O3S/c1-16-3-13-21(14-4-16)30(27,28)26-23(18-7-11-20(29-2)12-8-18)15-22(25-26)17-5-9-19(24)10-6-17/h3-14,23H,15H2,1-2H3/t23-/m0/s1. The number of hydrogen-bond donors (Lipinski definition) is 0. The van der Waals surface area contributed by atoms with Crippen molar-refractivity contribution in [2.24, 2.45) is 5.10 Å². The van der Waals surface area contributed by atoms with Crippen LogP contribution < -0.4 is 4.74 Å². The van der Waals surface area contributed by atoms with E-state index in [2.05, 4.69) is 5.10 Å². The first-order chi connectivity index (χ1) is 14.4. The molecular formula is C23H21ClN2O3S. The third-order valence-electron chi connectivity index (χ3n) is 5.12. The van der Waals surface area contributed by atoms with Gasteiger partial charge in [0.15, 0.2) is 0 Å². The minimum atomic E-state index is -3.83. The zero-order valence-corrected chi connectivity index (χ0v) is 18.2. The number of nitrogens with zero attached hydrogens (tertiary/aromatic N) is 2. The second-order valence-electron chi connectivity index (χ2n) is 7.14. The van der Waals surface area contributed by atoms with E-state index in [9.17, 15) is 8.42 Å². The van der Waals surface area contributed by atoms with E-state index in [4.69, 9.17) is 16.3 Å². The molecule has 0 aromatic heterocycles. The molecule has 1 heterocycles. The lowest BCUT2D eigenvalue weighted by atomic mass is 9.99. The maximum Gasteiger partial charge on any atom is 0.279 e. The van der Waals surface area contributed by atoms with E-state index < -0.39 is 16.1 Å². The van der Waals surface area contributed by atoms with Crippen LogP contribution in [0.1, 0.15) is 29.2 Å². The molecule has 30 heavy (non-hydrogen) atoms. The van der Waals surface area contributed by atoms with Gasteiger partial charge in [-0.2, -0.15) is 17.9 Å². The summed E-state index contributed by atoms with van der Waals surface area (Å²) in [5, 5.41) is 5.17. The minimum Gasteiger partial charge on any atom is -0.497 e. The summed E-state index contributed by atoms with van der Waals surface area (Å²) in [5.41, 5.74) is 3.38. The highest BCUT2D eigenvalue weighted by Crippen LogP contribution is 2.37. The highest BCUT2D eigenvalue weighted by atomic mass is 35.5. The van der Waals surface area contributed by atoms with Crippen molar-refractivity contribution in [3.63, 3.8) is 0 Å². The number of hydrazone groups is 1. The molecule has 4 rings (SSSR count). The number of halogens is 1. The topological polar surface area (TPSA) is 59.0 Å². The second-order valence-corrected chi connectivity index (χ2v) is 9.37. The van der Waals surface area contributed by atoms with Crippen molar-refractivity contribution < 1.29 is 13.2 Å². The predicted octanol–water partition coefficient (Wildman–Crippen LogP) is 5.20. The Bertz CT molecular complexity index is 1170. The van der Waals surface area contributed by atoms with Crippen molar-refractivity contribution >= 4 is 27.3 Å². The van der Waals surface area contributed by atoms with E-state index in [1.807, 2.05) is 43.3 Å². The number of benzene rings is 3. The van der Waals surface area contributed by atoms with Crippen LogP contribution in [0.4, 0.5) is 0 Å². The fourth-order valence-electron chi connectivity index (χ4n) is 3.42. The molecule has 0 N–H and O–H groups in total. The van der Waals surface area contributed by atoms with Gasteiger partial charge in [-0.25, -0.2) is 0 Å². The number of rotatable bonds is 5. The molecule has 154 valence electrons. The quantitative estimate of drug-likeness (QED) is 0.548. The summed E-state index contributed by atoms with van der Waals surface area (Å²) in [5.74, 6) is 0.712. The van der Waals surface area contributed by atoms with Crippen LogP contribution in [0.25, 0.3) is 0 Å². The minimum absolute atomic E-state index is 0.215. The monoisotopic (exact) mass is 440 g/mol. The summed E-state index contributed by atoms with van der Waals surface area (Å²) in [4.78, 5) is 0.215. The first kappa shape index (κ1) is 20.4. The van der Waals surface area contributed by atoms with E-state index in [0.717, 1.165) is 16.7 Å². The molecule has 0 saturated heterocycles. The Morgan fingerprint density at radius 3 is 2.20 bits per heavy atom. The maximum atomic E-state index is 13.5. The molecule has 1 aliphatic heterocycles. The summed E-state index contributed by atoms with van der Waals surface area (Å²) in [6.45, 7) is 1.92. The predicted molar refractivity (Wildman–Crippen MR) is 119 cm³/mol. The highest BCUT2D eigenvalue weighted by molar-refractivity contribution is 7.89. The molecule has 0 radical (unpaired) electrons. The van der Waals surface area contributed by atoms with Crippen LogP contribution in [0.5, 0.6) is 5.75 Å². The zero-order valence-electron chi connectivity index (χ0n) is 16.6. The summed E-state index contributed by atoms with van der Waals surface area (Å²) in [7, 11) is -2.23. The fraction of sp³-hybridized carbons (Fsp3) is 0.174. The summed E-state index contributed by atoms with van der Waals surface area (Å²) in [6.07, 6.45) is 0.457. The Kier molecular flexibility index (Phi) is 5.54. The molecule has 0 unspecified atom stereocenters. The van der Waals surface area contributed by atoms with Gasteiger partial charge >= 0.3 is 0 Å². The number of hydrogen-bond acceptors (Lipinski definition) is 4. The lowest BCUT2D eigenvalue weighted by Gasteiger charge is -2.23. The molecule has 0 bridgehead atoms. The highest BCUT2D eigenvalue weighted by Gasteiger charge is 2.37. The normalized spacial score (nSPS) is 16.4. The van der Waals surface area contributed by atoms with E-state index in [0.29, 0.717) is 22.9 Å². The SMILES string of the molecule is COc1ccc([C@@H]2CC(c3ccc(Cl)cc3)=NN2S(=O)(=O)c2ccc(C)cc2)cc1. The largest absolute Gasteiger partial charge is 0.497 e. The van der Waals surface area contributed by atoms with Crippen LogP contribution in [-0.2, 0) is 10.0 Å². The van der Waals surface area contributed by atoms with Gasteiger partial charge in [-0.3, -0.25) is 0 Å². The van der Waals surface area contributed by atoms with Gasteiger partial charge in [0.2, 0.25) is 0 Å². The molecule has 1 aliphatic rings. The molecule has 3 aromatic carbocycles. The van der Waals surface area contributed by atoms with Gasteiger partial charge in [0.25, 0.3) is 10.0 Å². The van der Waals surface area contributed by atoms with Gasteiger partial charge in [-0.1, -0.05) is 53.6 Å². The van der Waals surface area contributed by atoms with Crippen LogP contribution in [-0.4, -0.2) is 25.7 Å². The summed E-state index contributed by atoms with van der Waals surface area (Å²) >= 11 is 6.01. The number of aryl methyl sites for hydroxylation is 1. The van der Waals surface area contributed by atoms with Crippen LogP contribution in [0.2, 0.25) is 5.02 Å². The van der Waals surface area contributed by atoms with E-state index >= 15 is 0 Å². The van der Waals surface area contributed by atoms with Crippen molar-refractivity contribution in [2.45, 2.75) is 24.3 Å². The van der Waals surface area contributed by atoms with E-state index in [1.54, 1.807) is 43.5 Å². The number of ether oxygens (including phenoxy) is 1. The van der Waals surface area contributed by atoms with Gasteiger partial charge < -0.3 is 4.74 Å². The molecule has 0 fully saturated rings. The Labute approximate surface area is 181 Å². The lowest BCUT2D eigenvalue weighted by molar-refractivity contribution is 0.370. The van der Waals surface area contributed by atoms with Crippen molar-refractivity contribution in [1.82, 2.24) is 4.41 Å². The molecule has 1 atom stereocenters. The Morgan fingerprint density at radius 1 is 0.967 bits per heavy atom. The van der Waals surface area contributed by atoms with Crippen LogP contribution >= 0.6 is 11.6 Å². The average molecular weight is 441 g/mol. The first-order valence-electron chi connectivity index (χ1n) is 9.47. The van der Waals surface area contributed by atoms with Crippen LogP contribution in [0.3, 0.4) is 0 Å². The fourth-order valence-corrected chi connectivity index (χ4v) is 4.98. The lowest BCUT2D eigenvalue weighted by Crippen LogP contribution is -2.27.